The summed E-state index contributed by atoms with van der Waals surface area (Å²) in [5, 5.41) is 3.40. The number of nitrogens with one attached hydrogen (secondary N) is 1. The van der Waals surface area contributed by atoms with E-state index in [2.05, 4.69) is 37.1 Å². The fourth-order valence-electron chi connectivity index (χ4n) is 1.79. The molecule has 0 aliphatic rings. The Morgan fingerprint density at radius 2 is 2.07 bits per heavy atom. The molecule has 0 saturated carbocycles. The first kappa shape index (κ1) is 12.2. The summed E-state index contributed by atoms with van der Waals surface area (Å²) in [5.41, 5.74) is 1.31. The third-order valence-electron chi connectivity index (χ3n) is 3.24. The lowest BCUT2D eigenvalue weighted by molar-refractivity contribution is 0.309. The minimum Gasteiger partial charge on any atom is -0.316 e. The molecule has 1 aromatic rings. The minimum absolute atomic E-state index is 0.536. The van der Waals surface area contributed by atoms with Gasteiger partial charge in [-0.25, -0.2) is 0 Å². The molecular formula is C13H22N2. The van der Waals surface area contributed by atoms with Gasteiger partial charge in [-0.1, -0.05) is 26.8 Å². The Morgan fingerprint density at radius 3 is 2.53 bits per heavy atom. The van der Waals surface area contributed by atoms with Gasteiger partial charge in [-0.05, 0) is 36.9 Å². The number of likely N-dealkylation sites (N-methyl/N-ethyl adjacent to an activating group) is 1. The highest BCUT2D eigenvalue weighted by atomic mass is 14.9. The van der Waals surface area contributed by atoms with Crippen molar-refractivity contribution in [1.82, 2.24) is 10.3 Å². The average molecular weight is 206 g/mol. The molecule has 0 aliphatic carbocycles. The molecule has 2 nitrogen and oxygen atoms in total. The van der Waals surface area contributed by atoms with Crippen LogP contribution in [0.2, 0.25) is 0 Å². The van der Waals surface area contributed by atoms with Crippen LogP contribution in [0.5, 0.6) is 0 Å². The summed E-state index contributed by atoms with van der Waals surface area (Å²) in [5.74, 6) is 1.38. The Bertz CT molecular complexity index is 269. The minimum atomic E-state index is 0.536. The lowest BCUT2D eigenvalue weighted by atomic mass is 9.87. The van der Waals surface area contributed by atoms with Crippen molar-refractivity contribution in [3.05, 3.63) is 30.1 Å². The van der Waals surface area contributed by atoms with Gasteiger partial charge in [0.05, 0.1) is 0 Å². The van der Waals surface area contributed by atoms with Gasteiger partial charge in [-0.2, -0.15) is 0 Å². The Balaban J connectivity index is 2.62. The second-order valence-corrected chi connectivity index (χ2v) is 4.56. The zero-order valence-corrected chi connectivity index (χ0v) is 10.2. The highest BCUT2D eigenvalue weighted by molar-refractivity contribution is 5.10. The molecule has 0 spiro atoms. The van der Waals surface area contributed by atoms with E-state index in [1.165, 1.54) is 5.56 Å². The van der Waals surface area contributed by atoms with Crippen LogP contribution in [0.25, 0.3) is 0 Å². The van der Waals surface area contributed by atoms with Gasteiger partial charge in [0.2, 0.25) is 0 Å². The van der Waals surface area contributed by atoms with E-state index < -0.39 is 0 Å². The van der Waals surface area contributed by atoms with Crippen LogP contribution in [-0.4, -0.2) is 18.1 Å². The summed E-state index contributed by atoms with van der Waals surface area (Å²) in [7, 11) is 2.04. The molecule has 1 heterocycles. The van der Waals surface area contributed by atoms with Crippen LogP contribution in [0.3, 0.4) is 0 Å². The van der Waals surface area contributed by atoms with Crippen molar-refractivity contribution in [3.8, 4) is 0 Å². The Kier molecular flexibility index (Phi) is 4.76. The van der Waals surface area contributed by atoms with Gasteiger partial charge >= 0.3 is 0 Å². The van der Waals surface area contributed by atoms with Crippen molar-refractivity contribution in [3.63, 3.8) is 0 Å². The highest BCUT2D eigenvalue weighted by Gasteiger charge is 2.18. The van der Waals surface area contributed by atoms with Gasteiger partial charge in [-0.15, -0.1) is 0 Å². The largest absolute Gasteiger partial charge is 0.316 e. The molecule has 0 aliphatic heterocycles. The van der Waals surface area contributed by atoms with Crippen molar-refractivity contribution < 1.29 is 0 Å². The van der Waals surface area contributed by atoms with Crippen molar-refractivity contribution in [2.24, 2.45) is 11.8 Å². The molecule has 2 atom stereocenters. The lowest BCUT2D eigenvalue weighted by Gasteiger charge is -2.26. The molecule has 0 bridgehead atoms. The quantitative estimate of drug-likeness (QED) is 0.800. The van der Waals surface area contributed by atoms with Gasteiger partial charge in [0.25, 0.3) is 0 Å². The number of aromatic nitrogens is 1. The van der Waals surface area contributed by atoms with Crippen molar-refractivity contribution in [2.45, 2.75) is 33.2 Å². The zero-order valence-electron chi connectivity index (χ0n) is 10.2. The Morgan fingerprint density at radius 1 is 1.33 bits per heavy atom. The van der Waals surface area contributed by atoms with Crippen LogP contribution in [-0.2, 0) is 6.42 Å². The van der Waals surface area contributed by atoms with Crippen molar-refractivity contribution in [1.29, 1.82) is 0 Å². The average Bonchev–Trinajstić information content (AvgIpc) is 2.26. The van der Waals surface area contributed by atoms with Gasteiger partial charge in [0.15, 0.2) is 0 Å². The van der Waals surface area contributed by atoms with Gasteiger partial charge in [-0.3, -0.25) is 4.98 Å². The molecule has 15 heavy (non-hydrogen) atoms. The fourth-order valence-corrected chi connectivity index (χ4v) is 1.79. The van der Waals surface area contributed by atoms with E-state index in [0.717, 1.165) is 6.42 Å². The van der Waals surface area contributed by atoms with Crippen molar-refractivity contribution in [2.75, 3.05) is 7.05 Å². The lowest BCUT2D eigenvalue weighted by Crippen LogP contribution is -2.36. The van der Waals surface area contributed by atoms with E-state index in [1.807, 2.05) is 25.5 Å². The molecule has 1 rings (SSSR count). The van der Waals surface area contributed by atoms with E-state index in [-0.39, 0.29) is 0 Å². The summed E-state index contributed by atoms with van der Waals surface area (Å²) in [6, 6.07) is 4.68. The molecule has 1 aromatic heterocycles. The molecule has 84 valence electrons. The summed E-state index contributed by atoms with van der Waals surface area (Å²) in [6.07, 6.45) is 4.84. The summed E-state index contributed by atoms with van der Waals surface area (Å²) in [6.45, 7) is 6.86. The summed E-state index contributed by atoms with van der Waals surface area (Å²) >= 11 is 0. The van der Waals surface area contributed by atoms with Crippen molar-refractivity contribution >= 4 is 0 Å². The fraction of sp³-hybridized carbons (Fsp3) is 0.615. The van der Waals surface area contributed by atoms with E-state index in [9.17, 15) is 0 Å². The van der Waals surface area contributed by atoms with Gasteiger partial charge in [0.1, 0.15) is 0 Å². The topological polar surface area (TPSA) is 24.9 Å². The van der Waals surface area contributed by atoms with Crippen LogP contribution >= 0.6 is 0 Å². The monoisotopic (exact) mass is 206 g/mol. The molecule has 2 unspecified atom stereocenters. The van der Waals surface area contributed by atoms with Crippen LogP contribution in [0.4, 0.5) is 0 Å². The summed E-state index contributed by atoms with van der Waals surface area (Å²) < 4.78 is 0. The normalized spacial score (nSPS) is 15.3. The van der Waals surface area contributed by atoms with Gasteiger partial charge < -0.3 is 5.32 Å². The van der Waals surface area contributed by atoms with Crippen LogP contribution in [0.15, 0.2) is 24.5 Å². The SMILES string of the molecule is CNC(Cc1cccnc1)C(C)C(C)C. The molecule has 2 heteroatoms. The number of nitrogens with zero attached hydrogens (tertiary/aromatic N) is 1. The maximum Gasteiger partial charge on any atom is 0.0300 e. The first-order chi connectivity index (χ1) is 7.15. The molecular weight excluding hydrogens is 184 g/mol. The van der Waals surface area contributed by atoms with E-state index in [0.29, 0.717) is 17.9 Å². The standard InChI is InChI=1S/C13H22N2/c1-10(2)11(3)13(14-4)8-12-6-5-7-15-9-12/h5-7,9-11,13-14H,8H2,1-4H3. The van der Waals surface area contributed by atoms with Crippen LogP contribution in [0, 0.1) is 11.8 Å². The first-order valence-corrected chi connectivity index (χ1v) is 5.71. The summed E-state index contributed by atoms with van der Waals surface area (Å²) in [4.78, 5) is 4.15. The number of rotatable bonds is 5. The highest BCUT2D eigenvalue weighted by Crippen LogP contribution is 2.17. The van der Waals surface area contributed by atoms with Crippen LogP contribution in [0.1, 0.15) is 26.3 Å². The third-order valence-corrected chi connectivity index (χ3v) is 3.24. The van der Waals surface area contributed by atoms with Gasteiger partial charge in [0, 0.05) is 18.4 Å². The van der Waals surface area contributed by atoms with E-state index in [1.54, 1.807) is 0 Å². The van der Waals surface area contributed by atoms with Crippen LogP contribution < -0.4 is 5.32 Å². The molecule has 1 N–H and O–H groups in total. The maximum absolute atomic E-state index is 4.15. The second-order valence-electron chi connectivity index (χ2n) is 4.56. The van der Waals surface area contributed by atoms with E-state index in [4.69, 9.17) is 0 Å². The zero-order chi connectivity index (χ0) is 11.3. The maximum atomic E-state index is 4.15. The second kappa shape index (κ2) is 5.86. The molecule has 0 amide bonds. The number of hydrogen-bond donors (Lipinski definition) is 1. The molecule has 0 radical (unpaired) electrons. The number of pyridine rings is 1. The molecule has 0 aromatic carbocycles. The molecule has 0 fully saturated rings. The first-order valence-electron chi connectivity index (χ1n) is 5.71. The Labute approximate surface area is 93.1 Å². The predicted molar refractivity (Wildman–Crippen MR) is 64.8 cm³/mol. The predicted octanol–water partition coefficient (Wildman–Crippen LogP) is 2.50. The van der Waals surface area contributed by atoms with E-state index >= 15 is 0 Å². The third kappa shape index (κ3) is 3.63. The Hall–Kier alpha value is -0.890. The number of hydrogen-bond acceptors (Lipinski definition) is 2. The smallest absolute Gasteiger partial charge is 0.0300 e. The molecule has 0 saturated heterocycles.